The molecule has 0 aliphatic carbocycles. The van der Waals surface area contributed by atoms with Crippen molar-refractivity contribution in [2.24, 2.45) is 11.7 Å². The van der Waals surface area contributed by atoms with E-state index in [1.165, 1.54) is 6.20 Å². The summed E-state index contributed by atoms with van der Waals surface area (Å²) in [5.41, 5.74) is 6.40. The van der Waals surface area contributed by atoms with Crippen LogP contribution in [0.15, 0.2) is 10.7 Å². The molecule has 2 unspecified atom stereocenters. The first kappa shape index (κ1) is 10.2. The van der Waals surface area contributed by atoms with Crippen LogP contribution >= 0.6 is 0 Å². The zero-order chi connectivity index (χ0) is 11.0. The molecule has 5 nitrogen and oxygen atoms in total. The fraction of sp³-hybridized carbons (Fsp3) is 0.600. The molecule has 0 spiro atoms. The molecule has 0 aromatic carbocycles. The summed E-state index contributed by atoms with van der Waals surface area (Å²) in [4.78, 5) is 13.7. The highest BCUT2D eigenvalue weighted by molar-refractivity contribution is 5.95. The van der Waals surface area contributed by atoms with Gasteiger partial charge in [-0.1, -0.05) is 12.1 Å². The molecular weight excluding hydrogens is 194 g/mol. The highest BCUT2D eigenvalue weighted by atomic mass is 16.5. The van der Waals surface area contributed by atoms with E-state index in [-0.39, 0.29) is 11.9 Å². The number of likely N-dealkylation sites (tertiary alicyclic amines) is 1. The molecule has 0 saturated carbocycles. The molecule has 1 fully saturated rings. The summed E-state index contributed by atoms with van der Waals surface area (Å²) in [6.07, 6.45) is 1.46. The van der Waals surface area contributed by atoms with E-state index in [1.54, 1.807) is 11.8 Å². The maximum Gasteiger partial charge on any atom is 0.259 e. The van der Waals surface area contributed by atoms with Crippen molar-refractivity contribution in [3.05, 3.63) is 17.5 Å². The lowest BCUT2D eigenvalue weighted by Gasteiger charge is -2.14. The Labute approximate surface area is 88.2 Å². The van der Waals surface area contributed by atoms with Gasteiger partial charge in [0.25, 0.3) is 5.91 Å². The van der Waals surface area contributed by atoms with E-state index in [0.717, 1.165) is 0 Å². The van der Waals surface area contributed by atoms with Crippen LogP contribution < -0.4 is 5.73 Å². The summed E-state index contributed by atoms with van der Waals surface area (Å²) in [7, 11) is 0. The van der Waals surface area contributed by atoms with Gasteiger partial charge in [-0.2, -0.15) is 0 Å². The largest absolute Gasteiger partial charge is 0.361 e. The van der Waals surface area contributed by atoms with E-state index < -0.39 is 0 Å². The van der Waals surface area contributed by atoms with Gasteiger partial charge in [-0.3, -0.25) is 4.79 Å². The predicted molar refractivity (Wildman–Crippen MR) is 54.3 cm³/mol. The molecule has 2 N–H and O–H groups in total. The third kappa shape index (κ3) is 1.74. The summed E-state index contributed by atoms with van der Waals surface area (Å²) >= 11 is 0. The highest BCUT2D eigenvalue weighted by Crippen LogP contribution is 2.18. The van der Waals surface area contributed by atoms with Gasteiger partial charge in [0.2, 0.25) is 0 Å². The summed E-state index contributed by atoms with van der Waals surface area (Å²) in [6, 6.07) is 0.0779. The minimum atomic E-state index is -0.0337. The molecular formula is C10H15N3O2. The first-order chi connectivity index (χ1) is 7.09. The quantitative estimate of drug-likeness (QED) is 0.726. The molecule has 0 radical (unpaired) electrons. The zero-order valence-electron chi connectivity index (χ0n) is 8.93. The van der Waals surface area contributed by atoms with Gasteiger partial charge in [0.1, 0.15) is 11.3 Å². The molecule has 2 heterocycles. The molecule has 1 amide bonds. The summed E-state index contributed by atoms with van der Waals surface area (Å²) in [6.45, 7) is 5.12. The molecule has 1 aromatic heterocycles. The van der Waals surface area contributed by atoms with Crippen LogP contribution in [0.2, 0.25) is 0 Å². The van der Waals surface area contributed by atoms with Crippen molar-refractivity contribution in [3.63, 3.8) is 0 Å². The Morgan fingerprint density at radius 3 is 2.87 bits per heavy atom. The van der Waals surface area contributed by atoms with Gasteiger partial charge in [-0.15, -0.1) is 0 Å². The second kappa shape index (κ2) is 3.66. The van der Waals surface area contributed by atoms with E-state index >= 15 is 0 Å². The van der Waals surface area contributed by atoms with Crippen LogP contribution in [0.1, 0.15) is 23.0 Å². The van der Waals surface area contributed by atoms with Gasteiger partial charge < -0.3 is 15.2 Å². The predicted octanol–water partition coefficient (Wildman–Crippen LogP) is 0.402. The van der Waals surface area contributed by atoms with Gasteiger partial charge in [0.05, 0.1) is 6.20 Å². The number of aromatic nitrogens is 1. The number of carbonyl (C=O) groups excluding carboxylic acids is 1. The van der Waals surface area contributed by atoms with E-state index in [4.69, 9.17) is 10.3 Å². The van der Waals surface area contributed by atoms with Gasteiger partial charge in [0.15, 0.2) is 0 Å². The molecule has 1 aliphatic rings. The maximum absolute atomic E-state index is 12.0. The lowest BCUT2D eigenvalue weighted by molar-refractivity contribution is 0.0785. The van der Waals surface area contributed by atoms with Crippen molar-refractivity contribution in [1.29, 1.82) is 0 Å². The number of aryl methyl sites for hydroxylation is 1. The summed E-state index contributed by atoms with van der Waals surface area (Å²) < 4.78 is 4.87. The van der Waals surface area contributed by atoms with Gasteiger partial charge in [0, 0.05) is 19.1 Å². The monoisotopic (exact) mass is 209 g/mol. The molecule has 5 heteroatoms. The first-order valence-corrected chi connectivity index (χ1v) is 5.05. The normalized spacial score (nSPS) is 25.9. The first-order valence-electron chi connectivity index (χ1n) is 5.05. The zero-order valence-corrected chi connectivity index (χ0v) is 8.93. The van der Waals surface area contributed by atoms with Crippen LogP contribution in [0.3, 0.4) is 0 Å². The molecule has 82 valence electrons. The van der Waals surface area contributed by atoms with Crippen LogP contribution in [0.5, 0.6) is 0 Å². The highest BCUT2D eigenvalue weighted by Gasteiger charge is 2.31. The van der Waals surface area contributed by atoms with Crippen molar-refractivity contribution in [2.45, 2.75) is 19.9 Å². The van der Waals surface area contributed by atoms with Crippen LogP contribution in [-0.4, -0.2) is 35.1 Å². The minimum absolute atomic E-state index is 0.0337. The van der Waals surface area contributed by atoms with Gasteiger partial charge >= 0.3 is 0 Å². The minimum Gasteiger partial charge on any atom is -0.361 e. The SMILES string of the molecule is Cc1oncc1C(=O)N1CC(C)C(N)C1. The number of amides is 1. The fourth-order valence-corrected chi connectivity index (χ4v) is 1.83. The molecule has 0 bridgehead atoms. The lowest BCUT2D eigenvalue weighted by atomic mass is 10.1. The fourth-order valence-electron chi connectivity index (χ4n) is 1.83. The van der Waals surface area contributed by atoms with E-state index in [0.29, 0.717) is 30.3 Å². The maximum atomic E-state index is 12.0. The number of carbonyl (C=O) groups is 1. The molecule has 2 rings (SSSR count). The Bertz CT molecular complexity index is 364. The van der Waals surface area contributed by atoms with Crippen molar-refractivity contribution >= 4 is 5.91 Å². The summed E-state index contributed by atoms with van der Waals surface area (Å²) in [5, 5.41) is 3.60. The molecule has 1 aromatic rings. The van der Waals surface area contributed by atoms with Gasteiger partial charge in [-0.05, 0) is 12.8 Å². The Hall–Kier alpha value is -1.36. The number of hydrogen-bond donors (Lipinski definition) is 1. The van der Waals surface area contributed by atoms with Crippen LogP contribution in [0.4, 0.5) is 0 Å². The number of nitrogens with zero attached hydrogens (tertiary/aromatic N) is 2. The molecule has 1 aliphatic heterocycles. The van der Waals surface area contributed by atoms with E-state index in [9.17, 15) is 4.79 Å². The molecule has 2 atom stereocenters. The number of rotatable bonds is 1. The number of nitrogens with two attached hydrogens (primary N) is 1. The smallest absolute Gasteiger partial charge is 0.259 e. The van der Waals surface area contributed by atoms with Crippen molar-refractivity contribution in [2.75, 3.05) is 13.1 Å². The topological polar surface area (TPSA) is 72.4 Å². The Morgan fingerprint density at radius 1 is 1.67 bits per heavy atom. The third-order valence-corrected chi connectivity index (χ3v) is 2.94. The van der Waals surface area contributed by atoms with Crippen molar-refractivity contribution in [3.8, 4) is 0 Å². The Kier molecular flexibility index (Phi) is 2.48. The van der Waals surface area contributed by atoms with Crippen molar-refractivity contribution in [1.82, 2.24) is 10.1 Å². The molecule has 15 heavy (non-hydrogen) atoms. The standard InChI is InChI=1S/C10H15N3O2/c1-6-4-13(5-9(6)11)10(14)8-3-12-15-7(8)2/h3,6,9H,4-5,11H2,1-2H3. The Morgan fingerprint density at radius 2 is 2.40 bits per heavy atom. The lowest BCUT2D eigenvalue weighted by Crippen LogP contribution is -2.32. The second-order valence-electron chi connectivity index (χ2n) is 4.15. The third-order valence-electron chi connectivity index (χ3n) is 2.94. The van der Waals surface area contributed by atoms with E-state index in [1.807, 2.05) is 0 Å². The van der Waals surface area contributed by atoms with Gasteiger partial charge in [-0.25, -0.2) is 0 Å². The van der Waals surface area contributed by atoms with Crippen LogP contribution in [-0.2, 0) is 0 Å². The second-order valence-corrected chi connectivity index (χ2v) is 4.15. The average molecular weight is 209 g/mol. The van der Waals surface area contributed by atoms with E-state index in [2.05, 4.69) is 12.1 Å². The van der Waals surface area contributed by atoms with Crippen molar-refractivity contribution < 1.29 is 9.32 Å². The Balaban J connectivity index is 2.13. The number of hydrogen-bond acceptors (Lipinski definition) is 4. The van der Waals surface area contributed by atoms with Crippen LogP contribution in [0, 0.1) is 12.8 Å². The average Bonchev–Trinajstić information content (AvgIpc) is 2.74. The summed E-state index contributed by atoms with van der Waals surface area (Å²) in [5.74, 6) is 0.885. The molecule has 1 saturated heterocycles. The van der Waals surface area contributed by atoms with Crippen LogP contribution in [0.25, 0.3) is 0 Å².